The Morgan fingerprint density at radius 2 is 1.75 bits per heavy atom. The van der Waals surface area contributed by atoms with Crippen LogP contribution in [0.4, 0.5) is 0 Å². The Balaban J connectivity index is 1.78. The number of rotatable bonds is 12. The van der Waals surface area contributed by atoms with E-state index in [9.17, 15) is 9.90 Å². The SMILES string of the molecule is CCCC(O)CN(CC(=O)N(CCc1c[nH]c2ccccc12)Cc1ccc(C(C)(C)C)cc1)C(C)C. The molecule has 0 aliphatic carbocycles. The van der Waals surface area contributed by atoms with Crippen LogP contribution in [0.3, 0.4) is 0 Å². The van der Waals surface area contributed by atoms with Crippen LogP contribution in [0, 0.1) is 0 Å². The second kappa shape index (κ2) is 12.6. The molecule has 0 saturated carbocycles. The van der Waals surface area contributed by atoms with Crippen LogP contribution in [0.5, 0.6) is 0 Å². The van der Waals surface area contributed by atoms with Crippen molar-refractivity contribution in [3.63, 3.8) is 0 Å². The Kier molecular flexibility index (Phi) is 9.75. The van der Waals surface area contributed by atoms with Crippen LogP contribution in [0.25, 0.3) is 10.9 Å². The van der Waals surface area contributed by atoms with Crippen LogP contribution < -0.4 is 0 Å². The number of benzene rings is 2. The number of fused-ring (bicyclic) bond motifs is 1. The summed E-state index contributed by atoms with van der Waals surface area (Å²) in [5, 5.41) is 11.6. The molecule has 196 valence electrons. The van der Waals surface area contributed by atoms with E-state index in [0.717, 1.165) is 30.3 Å². The fourth-order valence-corrected chi connectivity index (χ4v) is 4.64. The average molecular weight is 492 g/mol. The number of aromatic amines is 1. The molecule has 1 atom stereocenters. The number of hydrogen-bond donors (Lipinski definition) is 2. The Morgan fingerprint density at radius 3 is 2.39 bits per heavy atom. The first kappa shape index (κ1) is 27.9. The summed E-state index contributed by atoms with van der Waals surface area (Å²) in [6, 6.07) is 17.2. The zero-order valence-electron chi connectivity index (χ0n) is 23.1. The number of carbonyl (C=O) groups excluding carboxylic acids is 1. The molecule has 36 heavy (non-hydrogen) atoms. The molecule has 5 nitrogen and oxygen atoms in total. The maximum absolute atomic E-state index is 13.6. The fraction of sp³-hybridized carbons (Fsp3) is 0.516. The van der Waals surface area contributed by atoms with Crippen molar-refractivity contribution in [2.75, 3.05) is 19.6 Å². The minimum atomic E-state index is -0.408. The molecule has 0 bridgehead atoms. The number of para-hydroxylation sites is 1. The van der Waals surface area contributed by atoms with E-state index in [2.05, 4.69) is 100 Å². The standard InChI is InChI=1S/C31H45N3O2/c1-7-10-27(35)21-34(23(2)3)22-30(36)33(20-24-13-15-26(16-14-24)31(4,5)6)18-17-25-19-32-29-12-9-8-11-28(25)29/h8-9,11-16,19,23,27,32,35H,7,10,17-18,20-22H2,1-6H3. The van der Waals surface area contributed by atoms with Crippen molar-refractivity contribution < 1.29 is 9.90 Å². The van der Waals surface area contributed by atoms with Gasteiger partial charge in [-0.05, 0) is 54.9 Å². The molecular formula is C31H45N3O2. The number of aliphatic hydroxyl groups is 1. The molecule has 0 aliphatic heterocycles. The van der Waals surface area contributed by atoms with Crippen LogP contribution >= 0.6 is 0 Å². The molecular weight excluding hydrogens is 446 g/mol. The molecule has 1 amide bonds. The van der Waals surface area contributed by atoms with Gasteiger partial charge < -0.3 is 15.0 Å². The van der Waals surface area contributed by atoms with Crippen molar-refractivity contribution in [3.05, 3.63) is 71.4 Å². The van der Waals surface area contributed by atoms with E-state index in [1.807, 2.05) is 11.0 Å². The van der Waals surface area contributed by atoms with Crippen LogP contribution in [-0.2, 0) is 23.2 Å². The Bertz CT molecular complexity index is 1090. The van der Waals surface area contributed by atoms with E-state index >= 15 is 0 Å². The first-order valence-corrected chi connectivity index (χ1v) is 13.4. The zero-order chi connectivity index (χ0) is 26.3. The lowest BCUT2D eigenvalue weighted by Crippen LogP contribution is -2.46. The third-order valence-corrected chi connectivity index (χ3v) is 7.01. The molecule has 0 saturated heterocycles. The number of H-pyrrole nitrogens is 1. The lowest BCUT2D eigenvalue weighted by molar-refractivity contribution is -0.133. The minimum absolute atomic E-state index is 0.0977. The van der Waals surface area contributed by atoms with Gasteiger partial charge in [0.2, 0.25) is 5.91 Å². The number of nitrogens with zero attached hydrogens (tertiary/aromatic N) is 2. The smallest absolute Gasteiger partial charge is 0.237 e. The summed E-state index contributed by atoms with van der Waals surface area (Å²) in [7, 11) is 0. The lowest BCUT2D eigenvalue weighted by Gasteiger charge is -2.31. The molecule has 0 radical (unpaired) electrons. The van der Waals surface area contributed by atoms with Crippen LogP contribution in [0.1, 0.15) is 71.1 Å². The van der Waals surface area contributed by atoms with E-state index in [-0.39, 0.29) is 17.4 Å². The van der Waals surface area contributed by atoms with Gasteiger partial charge >= 0.3 is 0 Å². The number of nitrogens with one attached hydrogen (secondary N) is 1. The molecule has 3 aromatic rings. The normalized spacial score (nSPS) is 13.0. The maximum Gasteiger partial charge on any atom is 0.237 e. The second-order valence-corrected chi connectivity index (χ2v) is 11.3. The monoisotopic (exact) mass is 491 g/mol. The molecule has 0 spiro atoms. The van der Waals surface area contributed by atoms with E-state index in [4.69, 9.17) is 0 Å². The van der Waals surface area contributed by atoms with E-state index in [0.29, 0.717) is 26.2 Å². The quantitative estimate of drug-likeness (QED) is 0.331. The number of aliphatic hydroxyl groups excluding tert-OH is 1. The van der Waals surface area contributed by atoms with Crippen molar-refractivity contribution in [1.82, 2.24) is 14.8 Å². The molecule has 0 fully saturated rings. The summed E-state index contributed by atoms with van der Waals surface area (Å²) in [6.07, 6.45) is 4.13. The van der Waals surface area contributed by atoms with Gasteiger partial charge in [-0.25, -0.2) is 0 Å². The third kappa shape index (κ3) is 7.68. The van der Waals surface area contributed by atoms with Gasteiger partial charge in [0, 0.05) is 42.8 Å². The van der Waals surface area contributed by atoms with Gasteiger partial charge in [0.05, 0.1) is 12.6 Å². The molecule has 2 aromatic carbocycles. The molecule has 2 N–H and O–H groups in total. The van der Waals surface area contributed by atoms with Crippen molar-refractivity contribution in [1.29, 1.82) is 0 Å². The zero-order valence-corrected chi connectivity index (χ0v) is 23.1. The Morgan fingerprint density at radius 1 is 1.06 bits per heavy atom. The number of hydrogen-bond acceptors (Lipinski definition) is 3. The number of carbonyl (C=O) groups is 1. The van der Waals surface area contributed by atoms with Gasteiger partial charge in [0.25, 0.3) is 0 Å². The van der Waals surface area contributed by atoms with E-state index < -0.39 is 6.10 Å². The summed E-state index contributed by atoms with van der Waals surface area (Å²) >= 11 is 0. The molecule has 5 heteroatoms. The van der Waals surface area contributed by atoms with Gasteiger partial charge in [-0.1, -0.05) is 76.6 Å². The third-order valence-electron chi connectivity index (χ3n) is 7.01. The Hall–Kier alpha value is -2.63. The highest BCUT2D eigenvalue weighted by molar-refractivity contribution is 5.83. The fourth-order valence-electron chi connectivity index (χ4n) is 4.64. The highest BCUT2D eigenvalue weighted by atomic mass is 16.3. The topological polar surface area (TPSA) is 59.6 Å². The van der Waals surface area contributed by atoms with Gasteiger partial charge in [-0.15, -0.1) is 0 Å². The van der Waals surface area contributed by atoms with Crippen molar-refractivity contribution >= 4 is 16.8 Å². The highest BCUT2D eigenvalue weighted by Crippen LogP contribution is 2.23. The predicted octanol–water partition coefficient (Wildman–Crippen LogP) is 5.91. The minimum Gasteiger partial charge on any atom is -0.392 e. The van der Waals surface area contributed by atoms with Crippen LogP contribution in [0.2, 0.25) is 0 Å². The van der Waals surface area contributed by atoms with E-state index in [1.165, 1.54) is 16.5 Å². The summed E-state index contributed by atoms with van der Waals surface area (Å²) in [5.74, 6) is 0.104. The second-order valence-electron chi connectivity index (χ2n) is 11.3. The molecule has 1 unspecified atom stereocenters. The summed E-state index contributed by atoms with van der Waals surface area (Å²) in [4.78, 5) is 21.1. The largest absolute Gasteiger partial charge is 0.392 e. The summed E-state index contributed by atoms with van der Waals surface area (Å²) in [5.41, 5.74) is 4.88. The van der Waals surface area contributed by atoms with Crippen molar-refractivity contribution in [2.24, 2.45) is 0 Å². The summed E-state index contributed by atoms with van der Waals surface area (Å²) in [6.45, 7) is 15.0. The maximum atomic E-state index is 13.6. The first-order valence-electron chi connectivity index (χ1n) is 13.4. The van der Waals surface area contributed by atoms with Gasteiger partial charge in [-0.2, -0.15) is 0 Å². The van der Waals surface area contributed by atoms with Gasteiger partial charge in [0.15, 0.2) is 0 Å². The first-order chi connectivity index (χ1) is 17.1. The Labute approximate surface area is 217 Å². The lowest BCUT2D eigenvalue weighted by atomic mass is 9.87. The number of amides is 1. The van der Waals surface area contributed by atoms with E-state index in [1.54, 1.807) is 0 Å². The summed E-state index contributed by atoms with van der Waals surface area (Å²) < 4.78 is 0. The van der Waals surface area contributed by atoms with Crippen molar-refractivity contribution in [3.8, 4) is 0 Å². The highest BCUT2D eigenvalue weighted by Gasteiger charge is 2.22. The van der Waals surface area contributed by atoms with Crippen LogP contribution in [0.15, 0.2) is 54.7 Å². The van der Waals surface area contributed by atoms with Gasteiger partial charge in [-0.3, -0.25) is 9.69 Å². The van der Waals surface area contributed by atoms with Crippen LogP contribution in [-0.4, -0.2) is 57.6 Å². The molecule has 3 rings (SSSR count). The number of aromatic nitrogens is 1. The van der Waals surface area contributed by atoms with Gasteiger partial charge in [0.1, 0.15) is 0 Å². The predicted molar refractivity (Wildman–Crippen MR) is 150 cm³/mol. The molecule has 1 heterocycles. The molecule has 1 aromatic heterocycles. The average Bonchev–Trinajstić information content (AvgIpc) is 3.24. The molecule has 0 aliphatic rings. The van der Waals surface area contributed by atoms with Crippen molar-refractivity contribution in [2.45, 2.75) is 84.9 Å².